The predicted octanol–water partition coefficient (Wildman–Crippen LogP) is 5.48. The van der Waals surface area contributed by atoms with Gasteiger partial charge in [-0.3, -0.25) is 9.59 Å². The molecule has 0 amide bonds. The van der Waals surface area contributed by atoms with E-state index in [2.05, 4.69) is 4.74 Å². The van der Waals surface area contributed by atoms with Crippen LogP contribution in [0.2, 0.25) is 0 Å². The second kappa shape index (κ2) is 12.8. The second-order valence-corrected chi connectivity index (χ2v) is 8.67. The molecule has 8 heteroatoms. The van der Waals surface area contributed by atoms with Crippen LogP contribution in [0.4, 0.5) is 0 Å². The van der Waals surface area contributed by atoms with Gasteiger partial charge in [0.15, 0.2) is 10.8 Å². The van der Waals surface area contributed by atoms with E-state index in [4.69, 9.17) is 9.15 Å². The lowest BCUT2D eigenvalue weighted by Gasteiger charge is -2.11. The van der Waals surface area contributed by atoms with Crippen molar-refractivity contribution in [2.24, 2.45) is 0 Å². The molecule has 0 radical (unpaired) electrons. The van der Waals surface area contributed by atoms with Crippen LogP contribution in [-0.4, -0.2) is 30.6 Å². The standard InChI is InChI=1S/C25H30O7S/c1-5-13-31-22-12-11-18(33-22)14-17(3)24(28)23-19(26)15-20(32-25(23)29)16(2)9-7-6-8-10-21(27)30-4/h6,8,11-12,14-16,26H,5,7,9-10,13H2,1-4H3/b8-6+,17-14?. The van der Waals surface area contributed by atoms with Crippen LogP contribution in [0.3, 0.4) is 0 Å². The van der Waals surface area contributed by atoms with Crippen molar-refractivity contribution in [3.8, 4) is 10.8 Å². The molecule has 33 heavy (non-hydrogen) atoms. The van der Waals surface area contributed by atoms with Crippen LogP contribution in [0.25, 0.3) is 6.08 Å². The summed E-state index contributed by atoms with van der Waals surface area (Å²) in [6.45, 7) is 6.08. The summed E-state index contributed by atoms with van der Waals surface area (Å²) in [6, 6.07) is 4.99. The number of hydrogen-bond donors (Lipinski definition) is 1. The first-order valence-electron chi connectivity index (χ1n) is 10.8. The van der Waals surface area contributed by atoms with Gasteiger partial charge in [-0.05, 0) is 50.0 Å². The average Bonchev–Trinajstić information content (AvgIpc) is 3.23. The van der Waals surface area contributed by atoms with Gasteiger partial charge >= 0.3 is 11.6 Å². The number of carbonyl (C=O) groups excluding carboxylic acids is 2. The molecule has 178 valence electrons. The molecule has 0 aliphatic rings. The molecule has 0 aliphatic carbocycles. The van der Waals surface area contributed by atoms with Crippen molar-refractivity contribution in [3.63, 3.8) is 0 Å². The zero-order chi connectivity index (χ0) is 24.4. The third-order valence-electron chi connectivity index (χ3n) is 4.88. The highest BCUT2D eigenvalue weighted by atomic mass is 32.1. The van der Waals surface area contributed by atoms with Crippen molar-refractivity contribution in [1.29, 1.82) is 0 Å². The maximum Gasteiger partial charge on any atom is 0.351 e. The third-order valence-corrected chi connectivity index (χ3v) is 5.82. The van der Waals surface area contributed by atoms with E-state index >= 15 is 0 Å². The molecule has 2 aromatic heterocycles. The van der Waals surface area contributed by atoms with Crippen molar-refractivity contribution < 1.29 is 28.6 Å². The number of carbonyl (C=O) groups is 2. The number of rotatable bonds is 12. The fourth-order valence-corrected chi connectivity index (χ4v) is 3.87. The summed E-state index contributed by atoms with van der Waals surface area (Å²) >= 11 is 1.40. The predicted molar refractivity (Wildman–Crippen MR) is 128 cm³/mol. The van der Waals surface area contributed by atoms with Gasteiger partial charge in [0, 0.05) is 16.9 Å². The van der Waals surface area contributed by atoms with E-state index in [0.29, 0.717) is 30.8 Å². The number of aromatic hydroxyl groups is 1. The highest BCUT2D eigenvalue weighted by Gasteiger charge is 2.22. The Kier molecular flexibility index (Phi) is 10.1. The molecule has 0 bridgehead atoms. The van der Waals surface area contributed by atoms with Gasteiger partial charge in [-0.25, -0.2) is 4.79 Å². The van der Waals surface area contributed by atoms with E-state index in [-0.39, 0.29) is 23.9 Å². The van der Waals surface area contributed by atoms with E-state index < -0.39 is 17.2 Å². The molecule has 7 nitrogen and oxygen atoms in total. The van der Waals surface area contributed by atoms with Crippen molar-refractivity contribution in [1.82, 2.24) is 0 Å². The SMILES string of the molecule is CCCOc1ccc(C=C(C)C(=O)c2c(O)cc(C(C)CC/C=C/CC(=O)OC)oc2=O)s1. The highest BCUT2D eigenvalue weighted by Crippen LogP contribution is 2.29. The summed E-state index contributed by atoms with van der Waals surface area (Å²) in [5, 5.41) is 11.2. The van der Waals surface area contributed by atoms with E-state index in [1.54, 1.807) is 19.1 Å². The minimum Gasteiger partial charge on any atom is -0.507 e. The molecule has 2 aromatic rings. The molecule has 2 rings (SSSR count). The van der Waals surface area contributed by atoms with E-state index in [0.717, 1.165) is 16.4 Å². The van der Waals surface area contributed by atoms with Gasteiger partial charge in [0.05, 0.1) is 20.1 Å². The number of ketones is 1. The second-order valence-electron chi connectivity index (χ2n) is 7.59. The molecule has 0 saturated carbocycles. The molecule has 0 aliphatic heterocycles. The van der Waals surface area contributed by atoms with Crippen molar-refractivity contribution in [2.75, 3.05) is 13.7 Å². The summed E-state index contributed by atoms with van der Waals surface area (Å²) in [7, 11) is 1.33. The normalized spacial score (nSPS) is 12.7. The lowest BCUT2D eigenvalue weighted by molar-refractivity contribution is -0.139. The summed E-state index contributed by atoms with van der Waals surface area (Å²) in [5.74, 6) is -1.17. The van der Waals surface area contributed by atoms with Gasteiger partial charge in [-0.1, -0.05) is 37.3 Å². The summed E-state index contributed by atoms with van der Waals surface area (Å²) in [5.41, 5.74) is -0.941. The van der Waals surface area contributed by atoms with E-state index in [9.17, 15) is 19.5 Å². The first kappa shape index (κ1) is 26.1. The fourth-order valence-electron chi connectivity index (χ4n) is 2.99. The number of esters is 1. The van der Waals surface area contributed by atoms with Gasteiger partial charge in [0.25, 0.3) is 0 Å². The smallest absolute Gasteiger partial charge is 0.351 e. The van der Waals surface area contributed by atoms with Gasteiger partial charge in [-0.2, -0.15) is 0 Å². The lowest BCUT2D eigenvalue weighted by atomic mass is 9.99. The maximum absolute atomic E-state index is 12.8. The number of allylic oxidation sites excluding steroid dienone is 2. The van der Waals surface area contributed by atoms with Crippen molar-refractivity contribution in [2.45, 2.75) is 52.4 Å². The minimum atomic E-state index is -0.867. The molecule has 0 fully saturated rings. The Morgan fingerprint density at radius 3 is 2.70 bits per heavy atom. The summed E-state index contributed by atoms with van der Waals surface area (Å²) < 4.78 is 15.5. The monoisotopic (exact) mass is 474 g/mol. The van der Waals surface area contributed by atoms with Crippen LogP contribution in [0.1, 0.15) is 73.4 Å². The Labute approximate surface area is 197 Å². The van der Waals surface area contributed by atoms with Gasteiger partial charge < -0.3 is 19.0 Å². The minimum absolute atomic E-state index is 0.167. The van der Waals surface area contributed by atoms with E-state index in [1.165, 1.54) is 24.5 Å². The van der Waals surface area contributed by atoms with Crippen molar-refractivity contribution >= 4 is 29.2 Å². The van der Waals surface area contributed by atoms with Gasteiger partial charge in [0.2, 0.25) is 0 Å². The lowest BCUT2D eigenvalue weighted by Crippen LogP contribution is -2.16. The Morgan fingerprint density at radius 2 is 2.03 bits per heavy atom. The molecule has 0 spiro atoms. The number of hydrogen-bond acceptors (Lipinski definition) is 8. The van der Waals surface area contributed by atoms with Crippen LogP contribution in [0, 0.1) is 0 Å². The Bertz CT molecular complexity index is 1070. The maximum atomic E-state index is 12.8. The molecule has 2 heterocycles. The molecule has 1 N–H and O–H groups in total. The summed E-state index contributed by atoms with van der Waals surface area (Å²) in [4.78, 5) is 37.2. The van der Waals surface area contributed by atoms with Crippen LogP contribution in [-0.2, 0) is 9.53 Å². The van der Waals surface area contributed by atoms with Gasteiger partial charge in [0.1, 0.15) is 17.1 Å². The Hall–Kier alpha value is -3.13. The number of ether oxygens (including phenoxy) is 2. The molecule has 0 saturated heterocycles. The molecule has 1 atom stereocenters. The Balaban J connectivity index is 2.09. The molecule has 1 unspecified atom stereocenters. The van der Waals surface area contributed by atoms with Gasteiger partial charge in [-0.15, -0.1) is 0 Å². The van der Waals surface area contributed by atoms with Crippen LogP contribution < -0.4 is 10.4 Å². The molecule has 0 aromatic carbocycles. The number of thiophene rings is 1. The van der Waals surface area contributed by atoms with Crippen LogP contribution in [0.5, 0.6) is 10.8 Å². The Morgan fingerprint density at radius 1 is 1.27 bits per heavy atom. The van der Waals surface area contributed by atoms with E-state index in [1.807, 2.05) is 32.1 Å². The molecular weight excluding hydrogens is 444 g/mol. The first-order valence-corrected chi connectivity index (χ1v) is 11.6. The quantitative estimate of drug-likeness (QED) is 0.188. The zero-order valence-corrected chi connectivity index (χ0v) is 20.2. The van der Waals surface area contributed by atoms with Crippen LogP contribution >= 0.6 is 11.3 Å². The van der Waals surface area contributed by atoms with Crippen molar-refractivity contribution in [3.05, 3.63) is 62.5 Å². The number of Topliss-reactive ketones (excluding diaryl/α,β-unsaturated/α-hetero) is 1. The summed E-state index contributed by atoms with van der Waals surface area (Å²) in [6.07, 6.45) is 7.60. The average molecular weight is 475 g/mol. The first-order chi connectivity index (χ1) is 15.8. The molecular formula is C25H30O7S. The fraction of sp³-hybridized carbons (Fsp3) is 0.400. The zero-order valence-electron chi connectivity index (χ0n) is 19.4. The largest absolute Gasteiger partial charge is 0.507 e. The highest BCUT2D eigenvalue weighted by molar-refractivity contribution is 7.14. The third kappa shape index (κ3) is 7.75. The van der Waals surface area contributed by atoms with Crippen LogP contribution in [0.15, 0.2) is 45.1 Å². The topological polar surface area (TPSA) is 103 Å². The number of methoxy groups -OCH3 is 1.